The van der Waals surface area contributed by atoms with Gasteiger partial charge in [-0.1, -0.05) is 56.4 Å². The molecular formula is C24H30N4OS. The van der Waals surface area contributed by atoms with Gasteiger partial charge in [-0.2, -0.15) is 0 Å². The van der Waals surface area contributed by atoms with E-state index in [2.05, 4.69) is 28.3 Å². The van der Waals surface area contributed by atoms with Crippen molar-refractivity contribution in [3.05, 3.63) is 48.3 Å². The Balaban J connectivity index is 0.000000265. The molecule has 3 aromatic rings. The van der Waals surface area contributed by atoms with Crippen molar-refractivity contribution in [1.82, 2.24) is 15.3 Å². The van der Waals surface area contributed by atoms with Gasteiger partial charge >= 0.3 is 0 Å². The number of pyridine rings is 1. The largest absolute Gasteiger partial charge is 0.456 e. The zero-order chi connectivity index (χ0) is 20.8. The number of aromatic nitrogens is 2. The highest BCUT2D eigenvalue weighted by Crippen LogP contribution is 2.31. The fourth-order valence-corrected chi connectivity index (χ4v) is 4.73. The van der Waals surface area contributed by atoms with Crippen LogP contribution in [0.1, 0.15) is 51.0 Å². The number of ether oxygens (including phenoxy) is 1. The fourth-order valence-electron chi connectivity index (χ4n) is 3.96. The maximum Gasteiger partial charge on any atom is 0.181 e. The normalized spacial score (nSPS) is 17.2. The van der Waals surface area contributed by atoms with Crippen LogP contribution in [0.4, 0.5) is 5.13 Å². The summed E-state index contributed by atoms with van der Waals surface area (Å²) in [4.78, 5) is 8.56. The van der Waals surface area contributed by atoms with E-state index in [1.807, 2.05) is 30.5 Å². The first-order valence-corrected chi connectivity index (χ1v) is 11.7. The maximum absolute atomic E-state index is 5.96. The molecule has 1 aliphatic heterocycles. The Bertz CT molecular complexity index is 1010. The van der Waals surface area contributed by atoms with Crippen molar-refractivity contribution < 1.29 is 4.74 Å². The van der Waals surface area contributed by atoms with Gasteiger partial charge < -0.3 is 15.8 Å². The molecule has 3 heterocycles. The first kappa shape index (κ1) is 20.8. The Morgan fingerprint density at radius 2 is 1.97 bits per heavy atom. The molecule has 0 saturated heterocycles. The smallest absolute Gasteiger partial charge is 0.181 e. The number of rotatable bonds is 3. The van der Waals surface area contributed by atoms with Crippen molar-refractivity contribution in [2.24, 2.45) is 5.92 Å². The topological polar surface area (TPSA) is 73.1 Å². The van der Waals surface area contributed by atoms with Crippen LogP contribution in [0.2, 0.25) is 0 Å². The van der Waals surface area contributed by atoms with Crippen molar-refractivity contribution in [1.29, 1.82) is 0 Å². The van der Waals surface area contributed by atoms with Crippen LogP contribution in [0.5, 0.6) is 11.5 Å². The average molecular weight is 423 g/mol. The highest BCUT2D eigenvalue weighted by molar-refractivity contribution is 7.22. The van der Waals surface area contributed by atoms with E-state index < -0.39 is 0 Å². The lowest BCUT2D eigenvalue weighted by molar-refractivity contribution is 0.385. The van der Waals surface area contributed by atoms with E-state index in [1.54, 1.807) is 6.20 Å². The average Bonchev–Trinajstić information content (AvgIpc) is 3.15. The minimum absolute atomic E-state index is 0.568. The second kappa shape index (κ2) is 10.0. The molecule has 1 aromatic carbocycles. The molecule has 5 nitrogen and oxygen atoms in total. The summed E-state index contributed by atoms with van der Waals surface area (Å²) in [5, 5.41) is 3.88. The van der Waals surface area contributed by atoms with Crippen LogP contribution in [0.15, 0.2) is 42.7 Å². The summed E-state index contributed by atoms with van der Waals surface area (Å²) in [7, 11) is 0. The van der Waals surface area contributed by atoms with E-state index in [4.69, 9.17) is 10.5 Å². The summed E-state index contributed by atoms with van der Waals surface area (Å²) in [5.74, 6) is 2.53. The monoisotopic (exact) mass is 422 g/mol. The van der Waals surface area contributed by atoms with Gasteiger partial charge in [-0.3, -0.25) is 4.98 Å². The summed E-state index contributed by atoms with van der Waals surface area (Å²) in [5.41, 5.74) is 9.07. The van der Waals surface area contributed by atoms with Gasteiger partial charge in [0.15, 0.2) is 5.13 Å². The number of nitrogens with two attached hydrogens (primary N) is 1. The highest BCUT2D eigenvalue weighted by atomic mass is 32.1. The van der Waals surface area contributed by atoms with Crippen molar-refractivity contribution in [2.45, 2.75) is 45.4 Å². The molecule has 0 radical (unpaired) electrons. The molecule has 6 heteroatoms. The van der Waals surface area contributed by atoms with Crippen molar-refractivity contribution in [2.75, 3.05) is 18.8 Å². The van der Waals surface area contributed by atoms with E-state index in [9.17, 15) is 0 Å². The summed E-state index contributed by atoms with van der Waals surface area (Å²) >= 11 is 1.46. The molecule has 5 rings (SSSR count). The lowest BCUT2D eigenvalue weighted by Crippen LogP contribution is -2.20. The number of fused-ring (bicyclic) bond motifs is 1. The number of hydrogen-bond donors (Lipinski definition) is 2. The number of thiazole rings is 1. The third-order valence-corrected chi connectivity index (χ3v) is 6.50. The molecule has 0 unspecified atom stereocenters. The zero-order valence-corrected chi connectivity index (χ0v) is 18.4. The Labute approximate surface area is 182 Å². The molecule has 0 spiro atoms. The number of nitrogens with zero attached hydrogens (tertiary/aromatic N) is 2. The summed E-state index contributed by atoms with van der Waals surface area (Å²) in [6.07, 6.45) is 14.3. The lowest BCUT2D eigenvalue weighted by atomic mass is 9.91. The molecule has 1 aliphatic carbocycles. The molecule has 1 fully saturated rings. The van der Waals surface area contributed by atoms with Crippen LogP contribution < -0.4 is 15.8 Å². The van der Waals surface area contributed by atoms with E-state index in [0.717, 1.165) is 52.7 Å². The van der Waals surface area contributed by atoms with Gasteiger partial charge in [0.25, 0.3) is 0 Å². The molecule has 30 heavy (non-hydrogen) atoms. The molecular weight excluding hydrogens is 392 g/mol. The van der Waals surface area contributed by atoms with Crippen LogP contribution in [0.25, 0.3) is 15.8 Å². The van der Waals surface area contributed by atoms with Crippen molar-refractivity contribution in [3.8, 4) is 11.5 Å². The van der Waals surface area contributed by atoms with Crippen LogP contribution in [-0.2, 0) is 0 Å². The first-order valence-electron chi connectivity index (χ1n) is 10.9. The third kappa shape index (κ3) is 5.58. The zero-order valence-electron chi connectivity index (χ0n) is 17.6. The van der Waals surface area contributed by atoms with Gasteiger partial charge in [-0.15, -0.1) is 0 Å². The minimum atomic E-state index is 0.568. The number of anilines is 1. The molecule has 0 amide bonds. The predicted molar refractivity (Wildman–Crippen MR) is 126 cm³/mol. The quantitative estimate of drug-likeness (QED) is 0.539. The Hall–Kier alpha value is -2.44. The summed E-state index contributed by atoms with van der Waals surface area (Å²) < 4.78 is 6.98. The fraction of sp³-hybridized carbons (Fsp3) is 0.417. The molecule has 158 valence electrons. The van der Waals surface area contributed by atoms with E-state index in [-0.39, 0.29) is 0 Å². The van der Waals surface area contributed by atoms with E-state index in [0.29, 0.717) is 5.13 Å². The molecule has 2 aliphatic rings. The van der Waals surface area contributed by atoms with Crippen LogP contribution in [0.3, 0.4) is 0 Å². The minimum Gasteiger partial charge on any atom is -0.456 e. The van der Waals surface area contributed by atoms with E-state index >= 15 is 0 Å². The third-order valence-electron chi connectivity index (χ3n) is 5.65. The van der Waals surface area contributed by atoms with Gasteiger partial charge in [0.1, 0.15) is 11.5 Å². The Kier molecular flexibility index (Phi) is 6.97. The molecule has 2 aromatic heterocycles. The van der Waals surface area contributed by atoms with Crippen LogP contribution in [0, 0.1) is 5.92 Å². The molecule has 3 N–H and O–H groups in total. The molecule has 1 saturated carbocycles. The van der Waals surface area contributed by atoms with Crippen molar-refractivity contribution in [3.63, 3.8) is 0 Å². The van der Waals surface area contributed by atoms with Crippen molar-refractivity contribution >= 4 is 32.3 Å². The predicted octanol–water partition coefficient (Wildman–Crippen LogP) is 6.03. The first-order chi connectivity index (χ1) is 14.7. The highest BCUT2D eigenvalue weighted by Gasteiger charge is 2.09. The molecule has 0 atom stereocenters. The van der Waals surface area contributed by atoms with Gasteiger partial charge in [0, 0.05) is 18.8 Å². The Morgan fingerprint density at radius 1 is 1.10 bits per heavy atom. The van der Waals surface area contributed by atoms with Crippen LogP contribution >= 0.6 is 11.3 Å². The number of nitrogens with one attached hydrogen (secondary N) is 1. The number of hydrogen-bond acceptors (Lipinski definition) is 6. The van der Waals surface area contributed by atoms with Gasteiger partial charge in [0.2, 0.25) is 0 Å². The van der Waals surface area contributed by atoms with Gasteiger partial charge in [-0.25, -0.2) is 4.98 Å². The second-order valence-corrected chi connectivity index (χ2v) is 9.18. The Morgan fingerprint density at radius 3 is 2.70 bits per heavy atom. The summed E-state index contributed by atoms with van der Waals surface area (Å²) in [6, 6.07) is 7.82. The standard InChI is InChI=1S/C17H16N4OS.C7H14/c18-17-21-15-2-1-13(8-16(15)23-17)22-14-7-12(9-20-10-14)11-3-5-19-6-4-11;1-7-5-3-2-4-6-7/h1-3,7-10,19H,4-6H2,(H2,18,21);7H,2-6H2,1H3. The van der Waals surface area contributed by atoms with Gasteiger partial charge in [0.05, 0.1) is 16.4 Å². The summed E-state index contributed by atoms with van der Waals surface area (Å²) in [6.45, 7) is 4.27. The van der Waals surface area contributed by atoms with Gasteiger partial charge in [-0.05, 0) is 48.2 Å². The number of benzene rings is 1. The number of nitrogen functional groups attached to an aromatic ring is 1. The lowest BCUT2D eigenvalue weighted by Gasteiger charge is -2.15. The SMILES string of the molecule is CC1CCCCC1.Nc1nc2ccc(Oc3cncc(C4=CCNCC4)c3)cc2s1. The van der Waals surface area contributed by atoms with Crippen LogP contribution in [-0.4, -0.2) is 23.1 Å². The van der Waals surface area contributed by atoms with E-state index in [1.165, 1.54) is 49.0 Å². The second-order valence-electron chi connectivity index (χ2n) is 8.12. The maximum atomic E-state index is 5.96. The molecule has 0 bridgehead atoms.